The Morgan fingerprint density at radius 1 is 1.23 bits per heavy atom. The Hall–Kier alpha value is -2.74. The van der Waals surface area contributed by atoms with E-state index in [1.165, 1.54) is 11.3 Å². The summed E-state index contributed by atoms with van der Waals surface area (Å²) in [5, 5.41) is 7.09. The number of carbonyl (C=O) groups excluding carboxylic acids is 2. The third kappa shape index (κ3) is 2.86. The van der Waals surface area contributed by atoms with Crippen LogP contribution in [0, 0.1) is 26.7 Å². The van der Waals surface area contributed by atoms with Crippen LogP contribution in [0.15, 0.2) is 24.3 Å². The van der Waals surface area contributed by atoms with Crippen molar-refractivity contribution < 1.29 is 9.59 Å². The summed E-state index contributed by atoms with van der Waals surface area (Å²) in [5.74, 6) is -0.390. The summed E-state index contributed by atoms with van der Waals surface area (Å²) < 4.78 is 1.73. The van der Waals surface area contributed by atoms with Crippen molar-refractivity contribution in [3.8, 4) is 0 Å². The normalized spacial score (nSPS) is 17.3. The number of thiazole rings is 1. The van der Waals surface area contributed by atoms with Crippen LogP contribution < -0.4 is 10.2 Å². The topological polar surface area (TPSA) is 79.6 Å². The zero-order valence-electron chi connectivity index (χ0n) is 14.8. The molecule has 1 aliphatic rings. The van der Waals surface area contributed by atoms with E-state index < -0.39 is 5.92 Å². The second kappa shape index (κ2) is 6.21. The van der Waals surface area contributed by atoms with Gasteiger partial charge in [-0.15, -0.1) is 5.10 Å². The Kier molecular flexibility index (Phi) is 3.99. The molecule has 1 aliphatic heterocycles. The van der Waals surface area contributed by atoms with Crippen LogP contribution in [0.25, 0.3) is 4.96 Å². The first-order valence-electron chi connectivity index (χ1n) is 8.43. The highest BCUT2D eigenvalue weighted by molar-refractivity contribution is 7.17. The van der Waals surface area contributed by atoms with Gasteiger partial charge in [0.25, 0.3) is 0 Å². The molecule has 1 aromatic carbocycles. The lowest BCUT2D eigenvalue weighted by atomic mass is 10.1. The molecule has 134 valence electrons. The first-order valence-corrected chi connectivity index (χ1v) is 9.24. The number of hydrogen-bond donors (Lipinski definition) is 1. The van der Waals surface area contributed by atoms with E-state index in [1.54, 1.807) is 9.42 Å². The highest BCUT2D eigenvalue weighted by atomic mass is 32.1. The fourth-order valence-corrected chi connectivity index (χ4v) is 3.97. The van der Waals surface area contributed by atoms with Gasteiger partial charge in [-0.1, -0.05) is 29.0 Å². The van der Waals surface area contributed by atoms with E-state index in [2.05, 4.69) is 15.4 Å². The first kappa shape index (κ1) is 16.7. The molecule has 7 nitrogen and oxygen atoms in total. The van der Waals surface area contributed by atoms with Gasteiger partial charge in [0.15, 0.2) is 0 Å². The van der Waals surface area contributed by atoms with Gasteiger partial charge in [0.05, 0.1) is 11.6 Å². The minimum absolute atomic E-state index is 0.0424. The highest BCUT2D eigenvalue weighted by Gasteiger charge is 2.35. The second-order valence-electron chi connectivity index (χ2n) is 6.60. The number of nitrogens with zero attached hydrogens (tertiary/aromatic N) is 4. The monoisotopic (exact) mass is 369 g/mol. The fraction of sp³-hybridized carbons (Fsp3) is 0.333. The number of amides is 2. The second-order valence-corrected chi connectivity index (χ2v) is 7.79. The summed E-state index contributed by atoms with van der Waals surface area (Å²) in [6.45, 7) is 6.35. The number of hydrogen-bond acceptors (Lipinski definition) is 5. The standard InChI is InChI=1S/C18H19N5O2S/c1-10-4-6-14(7-5-10)22-9-13(8-15(22)24)16(25)19-17-20-18-23(21-17)11(2)12(3)26-18/h4-7,13H,8-9H2,1-3H3,(H,19,21,25). The number of anilines is 2. The molecule has 0 bridgehead atoms. The van der Waals surface area contributed by atoms with Gasteiger partial charge in [-0.05, 0) is 32.9 Å². The molecular formula is C18H19N5O2S. The van der Waals surface area contributed by atoms with Crippen molar-refractivity contribution in [2.75, 3.05) is 16.8 Å². The number of aromatic nitrogens is 3. The molecule has 1 fully saturated rings. The van der Waals surface area contributed by atoms with Gasteiger partial charge in [-0.25, -0.2) is 4.52 Å². The van der Waals surface area contributed by atoms with E-state index in [4.69, 9.17) is 0 Å². The summed E-state index contributed by atoms with van der Waals surface area (Å²) in [4.78, 5) is 32.8. The van der Waals surface area contributed by atoms with E-state index in [-0.39, 0.29) is 24.2 Å². The van der Waals surface area contributed by atoms with Crippen LogP contribution >= 0.6 is 11.3 Å². The minimum Gasteiger partial charge on any atom is -0.312 e. The quantitative estimate of drug-likeness (QED) is 0.770. The van der Waals surface area contributed by atoms with Crippen molar-refractivity contribution in [1.82, 2.24) is 14.6 Å². The van der Waals surface area contributed by atoms with Gasteiger partial charge in [-0.2, -0.15) is 4.98 Å². The van der Waals surface area contributed by atoms with Gasteiger partial charge in [0.2, 0.25) is 22.7 Å². The van der Waals surface area contributed by atoms with Crippen LogP contribution in [-0.4, -0.2) is 33.0 Å². The molecule has 3 aromatic rings. The van der Waals surface area contributed by atoms with Crippen molar-refractivity contribution in [3.05, 3.63) is 40.4 Å². The van der Waals surface area contributed by atoms with Crippen LogP contribution in [0.1, 0.15) is 22.6 Å². The smallest absolute Gasteiger partial charge is 0.250 e. The average molecular weight is 369 g/mol. The van der Waals surface area contributed by atoms with Crippen LogP contribution in [0.2, 0.25) is 0 Å². The number of carbonyl (C=O) groups is 2. The Labute approximate surface area is 154 Å². The maximum atomic E-state index is 12.6. The maximum absolute atomic E-state index is 12.6. The molecule has 26 heavy (non-hydrogen) atoms. The molecule has 0 radical (unpaired) electrons. The lowest BCUT2D eigenvalue weighted by molar-refractivity contribution is -0.122. The minimum atomic E-state index is -0.409. The lowest BCUT2D eigenvalue weighted by Crippen LogP contribution is -2.28. The van der Waals surface area contributed by atoms with Gasteiger partial charge in [0, 0.05) is 23.5 Å². The predicted molar refractivity (Wildman–Crippen MR) is 101 cm³/mol. The van der Waals surface area contributed by atoms with Crippen molar-refractivity contribution in [2.45, 2.75) is 27.2 Å². The van der Waals surface area contributed by atoms with Gasteiger partial charge in [0.1, 0.15) is 0 Å². The van der Waals surface area contributed by atoms with Crippen molar-refractivity contribution >= 4 is 39.7 Å². The summed E-state index contributed by atoms with van der Waals surface area (Å²) in [6, 6.07) is 7.73. The molecule has 1 atom stereocenters. The van der Waals surface area contributed by atoms with E-state index in [1.807, 2.05) is 45.0 Å². The molecular weight excluding hydrogens is 350 g/mol. The summed E-state index contributed by atoms with van der Waals surface area (Å²) in [7, 11) is 0. The van der Waals surface area contributed by atoms with Crippen molar-refractivity contribution in [1.29, 1.82) is 0 Å². The molecule has 1 N–H and O–H groups in total. The molecule has 2 amide bonds. The van der Waals surface area contributed by atoms with Gasteiger partial charge >= 0.3 is 0 Å². The van der Waals surface area contributed by atoms with Crippen LogP contribution in [-0.2, 0) is 9.59 Å². The van der Waals surface area contributed by atoms with Gasteiger partial charge in [-0.3, -0.25) is 14.9 Å². The van der Waals surface area contributed by atoms with Crippen molar-refractivity contribution in [2.24, 2.45) is 5.92 Å². The summed E-state index contributed by atoms with van der Waals surface area (Å²) in [6.07, 6.45) is 0.195. The Morgan fingerprint density at radius 2 is 1.96 bits per heavy atom. The lowest BCUT2D eigenvalue weighted by Gasteiger charge is -2.16. The predicted octanol–water partition coefficient (Wildman–Crippen LogP) is 2.71. The number of benzene rings is 1. The molecule has 2 aromatic heterocycles. The van der Waals surface area contributed by atoms with Crippen LogP contribution in [0.4, 0.5) is 11.6 Å². The van der Waals surface area contributed by atoms with Crippen molar-refractivity contribution in [3.63, 3.8) is 0 Å². The van der Waals surface area contributed by atoms with E-state index in [0.29, 0.717) is 6.54 Å². The molecule has 3 heterocycles. The SMILES string of the molecule is Cc1ccc(N2CC(C(=O)Nc3nc4sc(C)c(C)n4n3)CC2=O)cc1. The Balaban J connectivity index is 1.47. The first-order chi connectivity index (χ1) is 12.4. The van der Waals surface area contributed by atoms with Gasteiger partial charge < -0.3 is 4.90 Å². The Bertz CT molecular complexity index is 1000. The average Bonchev–Trinajstić information content (AvgIpc) is 3.25. The van der Waals surface area contributed by atoms with Crippen LogP contribution in [0.5, 0.6) is 0 Å². The highest BCUT2D eigenvalue weighted by Crippen LogP contribution is 2.26. The largest absolute Gasteiger partial charge is 0.312 e. The van der Waals surface area contributed by atoms with E-state index >= 15 is 0 Å². The number of fused-ring (bicyclic) bond motifs is 1. The molecule has 1 unspecified atom stereocenters. The molecule has 0 saturated carbocycles. The van der Waals surface area contributed by atoms with E-state index in [0.717, 1.165) is 26.8 Å². The molecule has 0 spiro atoms. The number of rotatable bonds is 3. The summed E-state index contributed by atoms with van der Waals surface area (Å²) >= 11 is 1.53. The fourth-order valence-electron chi connectivity index (χ4n) is 3.06. The van der Waals surface area contributed by atoms with Crippen LogP contribution in [0.3, 0.4) is 0 Å². The third-order valence-electron chi connectivity index (χ3n) is 4.73. The molecule has 0 aliphatic carbocycles. The summed E-state index contributed by atoms with van der Waals surface area (Å²) in [5.41, 5.74) is 2.97. The zero-order valence-corrected chi connectivity index (χ0v) is 15.6. The zero-order chi connectivity index (χ0) is 18.4. The number of aryl methyl sites for hydroxylation is 3. The maximum Gasteiger partial charge on any atom is 0.250 e. The third-order valence-corrected chi connectivity index (χ3v) is 5.77. The molecule has 4 rings (SSSR count). The molecule has 1 saturated heterocycles. The molecule has 8 heteroatoms. The van der Waals surface area contributed by atoms with E-state index in [9.17, 15) is 9.59 Å². The number of nitrogens with one attached hydrogen (secondary N) is 1. The Morgan fingerprint density at radius 3 is 2.65 bits per heavy atom.